The van der Waals surface area contributed by atoms with Crippen molar-refractivity contribution >= 4 is 0 Å². The fourth-order valence-corrected chi connectivity index (χ4v) is 2.43. The highest BCUT2D eigenvalue weighted by molar-refractivity contribution is 4.59. The molecule has 2 atom stereocenters. The highest BCUT2D eigenvalue weighted by atomic mass is 14.1. The van der Waals surface area contributed by atoms with Crippen LogP contribution in [0.5, 0.6) is 0 Å². The summed E-state index contributed by atoms with van der Waals surface area (Å²) in [7, 11) is 0. The van der Waals surface area contributed by atoms with Gasteiger partial charge >= 0.3 is 0 Å². The highest BCUT2D eigenvalue weighted by Crippen LogP contribution is 2.21. The van der Waals surface area contributed by atoms with Crippen molar-refractivity contribution < 1.29 is 0 Å². The van der Waals surface area contributed by atoms with Crippen molar-refractivity contribution in [2.45, 2.75) is 79.6 Å². The second-order valence-corrected chi connectivity index (χ2v) is 5.91. The van der Waals surface area contributed by atoms with E-state index in [1.54, 1.807) is 0 Å². The van der Waals surface area contributed by atoms with Crippen molar-refractivity contribution in [2.75, 3.05) is 0 Å². The van der Waals surface area contributed by atoms with Crippen molar-refractivity contribution in [1.82, 2.24) is 0 Å². The van der Waals surface area contributed by atoms with Gasteiger partial charge in [-0.25, -0.2) is 0 Å². The van der Waals surface area contributed by atoms with E-state index in [1.807, 2.05) is 0 Å². The maximum absolute atomic E-state index is 2.42. The summed E-state index contributed by atoms with van der Waals surface area (Å²) in [5, 5.41) is 0. The van der Waals surface area contributed by atoms with E-state index in [0.29, 0.717) is 0 Å². The molecule has 2 unspecified atom stereocenters. The molecule has 0 saturated carbocycles. The third-order valence-electron chi connectivity index (χ3n) is 3.32. The van der Waals surface area contributed by atoms with E-state index in [-0.39, 0.29) is 0 Å². The zero-order valence-electron chi connectivity index (χ0n) is 11.7. The summed E-state index contributed by atoms with van der Waals surface area (Å²) >= 11 is 0. The Kier molecular flexibility index (Phi) is 9.24. The van der Waals surface area contributed by atoms with Crippen LogP contribution in [0.1, 0.15) is 79.6 Å². The molecule has 0 heteroatoms. The molecular weight excluding hydrogens is 180 g/mol. The van der Waals surface area contributed by atoms with Crippen LogP contribution in [0.3, 0.4) is 0 Å². The van der Waals surface area contributed by atoms with E-state index in [4.69, 9.17) is 0 Å². The second-order valence-electron chi connectivity index (χ2n) is 5.91. The summed E-state index contributed by atoms with van der Waals surface area (Å²) in [6, 6.07) is 0. The Balaban J connectivity index is 3.35. The molecule has 15 heavy (non-hydrogen) atoms. The lowest BCUT2D eigenvalue weighted by molar-refractivity contribution is 0.373. The van der Waals surface area contributed by atoms with Crippen molar-refractivity contribution in [2.24, 2.45) is 17.8 Å². The van der Waals surface area contributed by atoms with Gasteiger partial charge in [0, 0.05) is 0 Å². The van der Waals surface area contributed by atoms with Crippen molar-refractivity contribution in [3.63, 3.8) is 0 Å². The quantitative estimate of drug-likeness (QED) is 0.462. The van der Waals surface area contributed by atoms with Crippen LogP contribution in [0.25, 0.3) is 0 Å². The molecule has 0 aromatic carbocycles. The maximum Gasteiger partial charge on any atom is -0.0440 e. The molecule has 0 aromatic rings. The Morgan fingerprint density at radius 1 is 0.733 bits per heavy atom. The topological polar surface area (TPSA) is 0 Å². The Morgan fingerprint density at radius 2 is 1.27 bits per heavy atom. The van der Waals surface area contributed by atoms with Gasteiger partial charge in [-0.3, -0.25) is 0 Å². The molecule has 0 N–H and O–H groups in total. The second kappa shape index (κ2) is 9.24. The summed E-state index contributed by atoms with van der Waals surface area (Å²) in [6.07, 6.45) is 9.95. The third kappa shape index (κ3) is 10.3. The Bertz CT molecular complexity index is 126. The molecule has 92 valence electrons. The minimum absolute atomic E-state index is 0.873. The Morgan fingerprint density at radius 3 is 1.80 bits per heavy atom. The molecule has 0 bridgehead atoms. The minimum atomic E-state index is 0.873. The molecule has 0 heterocycles. The van der Waals surface area contributed by atoms with Crippen LogP contribution in [0, 0.1) is 17.8 Å². The Labute approximate surface area is 97.8 Å². The highest BCUT2D eigenvalue weighted by Gasteiger charge is 2.06. The smallest absolute Gasteiger partial charge is 0.0440 e. The molecule has 0 nitrogen and oxygen atoms in total. The predicted octanol–water partition coefficient (Wildman–Crippen LogP) is 5.67. The van der Waals surface area contributed by atoms with Gasteiger partial charge in [0.1, 0.15) is 0 Å². The predicted molar refractivity (Wildman–Crippen MR) is 71.2 cm³/mol. The van der Waals surface area contributed by atoms with Crippen LogP contribution in [0.4, 0.5) is 0 Å². The van der Waals surface area contributed by atoms with E-state index in [2.05, 4.69) is 34.6 Å². The number of rotatable bonds is 9. The van der Waals surface area contributed by atoms with Crippen molar-refractivity contribution in [3.05, 3.63) is 0 Å². The zero-order valence-corrected chi connectivity index (χ0v) is 11.7. The molecule has 0 aliphatic rings. The minimum Gasteiger partial charge on any atom is -0.0654 e. The van der Waals surface area contributed by atoms with Crippen LogP contribution in [0.15, 0.2) is 0 Å². The molecule has 0 saturated heterocycles. The van der Waals surface area contributed by atoms with Crippen LogP contribution < -0.4 is 0 Å². The molecule has 0 spiro atoms. The SMILES string of the molecule is CCCCC(C)CCCC(C)CC(C)C. The molecular formula is C15H32. The number of unbranched alkanes of at least 4 members (excludes halogenated alkanes) is 1. The summed E-state index contributed by atoms with van der Waals surface area (Å²) in [6.45, 7) is 11.8. The van der Waals surface area contributed by atoms with Gasteiger partial charge in [0.25, 0.3) is 0 Å². The normalized spacial score (nSPS) is 15.6. The van der Waals surface area contributed by atoms with Gasteiger partial charge in [-0.05, 0) is 24.2 Å². The first-order valence-corrected chi connectivity index (χ1v) is 7.06. The average molecular weight is 212 g/mol. The zero-order chi connectivity index (χ0) is 11.7. The van der Waals surface area contributed by atoms with Gasteiger partial charge in [-0.1, -0.05) is 73.1 Å². The monoisotopic (exact) mass is 212 g/mol. The molecule has 0 aliphatic carbocycles. The Hall–Kier alpha value is 0. The van der Waals surface area contributed by atoms with Gasteiger partial charge in [-0.2, -0.15) is 0 Å². The maximum atomic E-state index is 2.42. The van der Waals surface area contributed by atoms with Crippen LogP contribution in [-0.2, 0) is 0 Å². The lowest BCUT2D eigenvalue weighted by Gasteiger charge is -2.15. The van der Waals surface area contributed by atoms with Crippen LogP contribution in [-0.4, -0.2) is 0 Å². The lowest BCUT2D eigenvalue weighted by atomic mass is 9.91. The largest absolute Gasteiger partial charge is 0.0654 e. The van der Waals surface area contributed by atoms with Crippen LogP contribution >= 0.6 is 0 Å². The van der Waals surface area contributed by atoms with Gasteiger partial charge in [0.05, 0.1) is 0 Å². The van der Waals surface area contributed by atoms with Gasteiger partial charge in [0.2, 0.25) is 0 Å². The lowest BCUT2D eigenvalue weighted by Crippen LogP contribution is -2.02. The first-order valence-electron chi connectivity index (χ1n) is 7.06. The molecule has 0 radical (unpaired) electrons. The van der Waals surface area contributed by atoms with Gasteiger partial charge in [-0.15, -0.1) is 0 Å². The number of hydrogen-bond acceptors (Lipinski definition) is 0. The summed E-state index contributed by atoms with van der Waals surface area (Å²) in [5.41, 5.74) is 0. The number of hydrogen-bond donors (Lipinski definition) is 0. The van der Waals surface area contributed by atoms with Crippen LogP contribution in [0.2, 0.25) is 0 Å². The van der Waals surface area contributed by atoms with E-state index in [1.165, 1.54) is 44.9 Å². The van der Waals surface area contributed by atoms with Gasteiger partial charge < -0.3 is 0 Å². The fourth-order valence-electron chi connectivity index (χ4n) is 2.43. The standard InChI is InChI=1S/C15H32/c1-6-7-9-14(4)10-8-11-15(5)12-13(2)3/h13-15H,6-12H2,1-5H3. The molecule has 0 aromatic heterocycles. The molecule has 0 rings (SSSR count). The van der Waals surface area contributed by atoms with Gasteiger partial charge in [0.15, 0.2) is 0 Å². The van der Waals surface area contributed by atoms with Crippen molar-refractivity contribution in [1.29, 1.82) is 0 Å². The summed E-state index contributed by atoms with van der Waals surface area (Å²) < 4.78 is 0. The van der Waals surface area contributed by atoms with E-state index in [9.17, 15) is 0 Å². The van der Waals surface area contributed by atoms with E-state index < -0.39 is 0 Å². The fraction of sp³-hybridized carbons (Fsp3) is 1.00. The third-order valence-corrected chi connectivity index (χ3v) is 3.32. The summed E-state index contributed by atoms with van der Waals surface area (Å²) in [4.78, 5) is 0. The molecule has 0 fully saturated rings. The first-order chi connectivity index (χ1) is 7.06. The van der Waals surface area contributed by atoms with E-state index in [0.717, 1.165) is 17.8 Å². The molecule has 0 aliphatic heterocycles. The van der Waals surface area contributed by atoms with E-state index >= 15 is 0 Å². The van der Waals surface area contributed by atoms with Crippen molar-refractivity contribution in [3.8, 4) is 0 Å². The summed E-state index contributed by atoms with van der Waals surface area (Å²) in [5.74, 6) is 2.76. The first kappa shape index (κ1) is 15.0. The molecule has 0 amide bonds. The average Bonchev–Trinajstić information content (AvgIpc) is 2.13.